The molecular weight excluding hydrogens is 605 g/mol. The number of hydrogen-bond donors (Lipinski definition) is 2. The second-order valence-electron chi connectivity index (χ2n) is 12.8. The number of halogens is 5. The van der Waals surface area contributed by atoms with E-state index in [2.05, 4.69) is 5.32 Å². The van der Waals surface area contributed by atoms with Crippen molar-refractivity contribution in [2.75, 3.05) is 27.2 Å². The Hall–Kier alpha value is -3.57. The minimum absolute atomic E-state index is 0.000374. The fraction of sp³-hybridized carbons (Fsp3) is 0.486. The molecule has 0 aliphatic rings. The van der Waals surface area contributed by atoms with Crippen molar-refractivity contribution in [1.29, 1.82) is 0 Å². The van der Waals surface area contributed by atoms with E-state index in [-0.39, 0.29) is 35.6 Å². The van der Waals surface area contributed by atoms with Gasteiger partial charge in [-0.05, 0) is 118 Å². The summed E-state index contributed by atoms with van der Waals surface area (Å²) in [6.07, 6.45) is -2.82. The molecule has 0 fully saturated rings. The number of alkyl halides is 3. The van der Waals surface area contributed by atoms with Crippen molar-refractivity contribution < 1.29 is 31.9 Å². The molecule has 2 unspecified atom stereocenters. The van der Waals surface area contributed by atoms with Gasteiger partial charge in [-0.2, -0.15) is 13.2 Å². The molecule has 2 aromatic carbocycles. The van der Waals surface area contributed by atoms with Crippen LogP contribution in [0.25, 0.3) is 11.1 Å². The van der Waals surface area contributed by atoms with E-state index in [1.807, 2.05) is 13.8 Å². The van der Waals surface area contributed by atoms with Crippen LogP contribution < -0.4 is 10.9 Å². The lowest BCUT2D eigenvalue weighted by Crippen LogP contribution is -2.36. The maximum atomic E-state index is 15.7. The molecule has 3 aromatic rings. The zero-order valence-corrected chi connectivity index (χ0v) is 27.5. The van der Waals surface area contributed by atoms with E-state index in [0.29, 0.717) is 47.7 Å². The summed E-state index contributed by atoms with van der Waals surface area (Å²) < 4.78 is 72.8. The highest BCUT2D eigenvalue weighted by atomic mass is 19.4. The zero-order chi connectivity index (χ0) is 34.5. The van der Waals surface area contributed by atoms with E-state index in [1.54, 1.807) is 51.9 Å². The smallest absolute Gasteiger partial charge is 0.416 e. The van der Waals surface area contributed by atoms with Gasteiger partial charge in [0.2, 0.25) is 0 Å². The van der Waals surface area contributed by atoms with Gasteiger partial charge >= 0.3 is 12.1 Å². The van der Waals surface area contributed by atoms with E-state index < -0.39 is 53.4 Å². The van der Waals surface area contributed by atoms with Crippen LogP contribution in [-0.4, -0.2) is 47.7 Å². The summed E-state index contributed by atoms with van der Waals surface area (Å²) >= 11 is 0. The molecule has 2 atom stereocenters. The highest BCUT2D eigenvalue weighted by Gasteiger charge is 2.35. The van der Waals surface area contributed by atoms with Crippen LogP contribution in [0.1, 0.15) is 78.6 Å². The van der Waals surface area contributed by atoms with Gasteiger partial charge in [-0.25, -0.2) is 8.78 Å². The van der Waals surface area contributed by atoms with Crippen LogP contribution >= 0.6 is 0 Å². The molecule has 0 spiro atoms. The Morgan fingerprint density at radius 3 is 2.15 bits per heavy atom. The lowest BCUT2D eigenvalue weighted by atomic mass is 9.90. The number of aromatic nitrogens is 1. The van der Waals surface area contributed by atoms with Crippen molar-refractivity contribution in [2.24, 2.45) is 5.92 Å². The van der Waals surface area contributed by atoms with Gasteiger partial charge in [-0.3, -0.25) is 9.59 Å². The molecule has 252 valence electrons. The summed E-state index contributed by atoms with van der Waals surface area (Å²) in [5.74, 6) is -1.98. The molecule has 3 rings (SSSR count). The number of aryl methyl sites for hydroxylation is 3. The van der Waals surface area contributed by atoms with E-state index >= 15 is 4.39 Å². The maximum absolute atomic E-state index is 15.7. The van der Waals surface area contributed by atoms with Gasteiger partial charge in [0.05, 0.1) is 12.0 Å². The molecule has 0 radical (unpaired) electrons. The predicted octanol–water partition coefficient (Wildman–Crippen LogP) is 7.62. The zero-order valence-electron chi connectivity index (χ0n) is 27.5. The standard InChI is InChI=1S/C35H44F5N3O3/c1-20(2)8-9-27(43-19-24(10-11-42(6)7)29(16-31(43)44)35(38,39)40)18-41-30(17-32(45)46)28-15-25(12-23(5)34(28)37)33-21(3)13-26(36)14-22(33)4/h12-16,19-20,27,30,41H,8-11,17-18H2,1-7H3,(H,45,46). The van der Waals surface area contributed by atoms with Gasteiger partial charge in [0.1, 0.15) is 11.6 Å². The second kappa shape index (κ2) is 15.3. The lowest BCUT2D eigenvalue weighted by Gasteiger charge is -2.27. The van der Waals surface area contributed by atoms with Crippen LogP contribution in [0, 0.1) is 38.3 Å². The lowest BCUT2D eigenvalue weighted by molar-refractivity contribution is -0.139. The SMILES string of the molecule is Cc1cc(-c2c(C)cc(F)cc2C)cc(C(CC(=O)O)NCC(CCC(C)C)n2cc(CCN(C)C)c(C(F)(F)F)cc2=O)c1F. The predicted molar refractivity (Wildman–Crippen MR) is 170 cm³/mol. The Labute approximate surface area is 267 Å². The molecule has 0 saturated heterocycles. The number of nitrogens with one attached hydrogen (secondary N) is 1. The summed E-state index contributed by atoms with van der Waals surface area (Å²) in [6, 6.07) is 4.90. The van der Waals surface area contributed by atoms with Crippen LogP contribution in [0.2, 0.25) is 0 Å². The summed E-state index contributed by atoms with van der Waals surface area (Å²) in [5, 5.41) is 12.9. The topological polar surface area (TPSA) is 74.6 Å². The Kier molecular flexibility index (Phi) is 12.3. The largest absolute Gasteiger partial charge is 0.481 e. The average Bonchev–Trinajstić information content (AvgIpc) is 2.92. The van der Waals surface area contributed by atoms with E-state index in [1.165, 1.54) is 22.9 Å². The van der Waals surface area contributed by atoms with Crippen LogP contribution in [0.4, 0.5) is 22.0 Å². The van der Waals surface area contributed by atoms with Gasteiger partial charge in [-0.1, -0.05) is 13.8 Å². The first-order valence-corrected chi connectivity index (χ1v) is 15.4. The van der Waals surface area contributed by atoms with Crippen molar-refractivity contribution in [3.63, 3.8) is 0 Å². The first kappa shape index (κ1) is 36.9. The minimum Gasteiger partial charge on any atom is -0.481 e. The molecule has 46 heavy (non-hydrogen) atoms. The monoisotopic (exact) mass is 649 g/mol. The Morgan fingerprint density at radius 1 is 0.978 bits per heavy atom. The first-order chi connectivity index (χ1) is 21.4. The van der Waals surface area contributed by atoms with Gasteiger partial charge in [0, 0.05) is 43.0 Å². The fourth-order valence-corrected chi connectivity index (χ4v) is 5.86. The van der Waals surface area contributed by atoms with Crippen molar-refractivity contribution in [3.8, 4) is 11.1 Å². The van der Waals surface area contributed by atoms with Crippen LogP contribution in [0.15, 0.2) is 41.3 Å². The molecule has 0 aliphatic heterocycles. The molecule has 0 aliphatic carbocycles. The third-order valence-corrected chi connectivity index (χ3v) is 8.19. The number of benzene rings is 2. The van der Waals surface area contributed by atoms with Crippen molar-refractivity contribution in [1.82, 2.24) is 14.8 Å². The van der Waals surface area contributed by atoms with Crippen LogP contribution in [0.3, 0.4) is 0 Å². The average molecular weight is 650 g/mol. The Balaban J connectivity index is 2.09. The number of nitrogens with zero attached hydrogens (tertiary/aromatic N) is 2. The molecule has 6 nitrogen and oxygen atoms in total. The van der Waals surface area contributed by atoms with Crippen LogP contribution in [0.5, 0.6) is 0 Å². The number of carboxylic acids is 1. The molecule has 0 amide bonds. The number of carbonyl (C=O) groups is 1. The molecule has 11 heteroatoms. The van der Waals surface area contributed by atoms with Crippen molar-refractivity contribution in [2.45, 2.75) is 78.6 Å². The molecule has 2 N–H and O–H groups in total. The normalized spacial score (nSPS) is 13.4. The molecular formula is C35H44F5N3O3. The van der Waals surface area contributed by atoms with Crippen molar-refractivity contribution >= 4 is 5.97 Å². The first-order valence-electron chi connectivity index (χ1n) is 15.4. The summed E-state index contributed by atoms with van der Waals surface area (Å²) in [4.78, 5) is 26.9. The molecule has 0 saturated carbocycles. The Bertz CT molecular complexity index is 1570. The summed E-state index contributed by atoms with van der Waals surface area (Å²) in [6.45, 7) is 9.35. The van der Waals surface area contributed by atoms with E-state index in [4.69, 9.17) is 0 Å². The maximum Gasteiger partial charge on any atom is 0.416 e. The number of hydrogen-bond acceptors (Lipinski definition) is 4. The summed E-state index contributed by atoms with van der Waals surface area (Å²) in [5.41, 5.74) is 1.13. The molecule has 1 aromatic heterocycles. The summed E-state index contributed by atoms with van der Waals surface area (Å²) in [7, 11) is 3.49. The van der Waals surface area contributed by atoms with Crippen LogP contribution in [-0.2, 0) is 17.4 Å². The third kappa shape index (κ3) is 9.48. The van der Waals surface area contributed by atoms with E-state index in [0.717, 1.165) is 0 Å². The highest BCUT2D eigenvalue weighted by molar-refractivity contribution is 5.73. The molecule has 1 heterocycles. The van der Waals surface area contributed by atoms with Gasteiger partial charge in [-0.15, -0.1) is 0 Å². The van der Waals surface area contributed by atoms with Crippen molar-refractivity contribution in [3.05, 3.63) is 91.9 Å². The molecule has 0 bridgehead atoms. The third-order valence-electron chi connectivity index (χ3n) is 8.19. The minimum atomic E-state index is -4.71. The number of aliphatic carboxylic acids is 1. The van der Waals surface area contributed by atoms with Gasteiger partial charge < -0.3 is 19.9 Å². The van der Waals surface area contributed by atoms with Gasteiger partial charge in [0.25, 0.3) is 5.56 Å². The number of carboxylic acid groups (broad SMARTS) is 1. The number of likely N-dealkylation sites (N-methyl/N-ethyl adjacent to an activating group) is 1. The number of pyridine rings is 1. The second-order valence-corrected chi connectivity index (χ2v) is 12.8. The quantitative estimate of drug-likeness (QED) is 0.176. The fourth-order valence-electron chi connectivity index (χ4n) is 5.86. The van der Waals surface area contributed by atoms with Gasteiger partial charge in [0.15, 0.2) is 0 Å². The van der Waals surface area contributed by atoms with E-state index in [9.17, 15) is 32.3 Å². The highest BCUT2D eigenvalue weighted by Crippen LogP contribution is 2.35. The number of rotatable bonds is 14. The Morgan fingerprint density at radius 2 is 1.61 bits per heavy atom.